The van der Waals surface area contributed by atoms with Gasteiger partial charge in [0.25, 0.3) is 0 Å². The fourth-order valence-corrected chi connectivity index (χ4v) is 2.97. The zero-order valence-corrected chi connectivity index (χ0v) is 12.6. The smallest absolute Gasteiger partial charge is 0.0950 e. The monoisotopic (exact) mass is 285 g/mol. The Bertz CT molecular complexity index is 591. The quantitative estimate of drug-likeness (QED) is 0.827. The van der Waals surface area contributed by atoms with Gasteiger partial charge in [0.05, 0.1) is 18.2 Å². The largest absolute Gasteiger partial charge is 0.385 e. The molecular formula is C17H23N3O. The van der Waals surface area contributed by atoms with Gasteiger partial charge in [-0.25, -0.2) is 4.98 Å². The Labute approximate surface area is 126 Å². The van der Waals surface area contributed by atoms with Crippen molar-refractivity contribution < 1.29 is 4.74 Å². The Kier molecular flexibility index (Phi) is 4.55. The molecule has 21 heavy (non-hydrogen) atoms. The summed E-state index contributed by atoms with van der Waals surface area (Å²) in [6, 6.07) is 6.58. The van der Waals surface area contributed by atoms with E-state index >= 15 is 0 Å². The Morgan fingerprint density at radius 1 is 1.33 bits per heavy atom. The fraction of sp³-hybridized carbons (Fsp3) is 0.471. The minimum Gasteiger partial charge on any atom is -0.385 e. The third kappa shape index (κ3) is 3.10. The van der Waals surface area contributed by atoms with Crippen molar-refractivity contribution in [2.45, 2.75) is 32.2 Å². The highest BCUT2D eigenvalue weighted by Gasteiger charge is 2.15. The van der Waals surface area contributed by atoms with Crippen LogP contribution in [0.3, 0.4) is 0 Å². The van der Waals surface area contributed by atoms with Gasteiger partial charge in [0.1, 0.15) is 0 Å². The number of anilines is 1. The number of ether oxygens (including phenoxy) is 1. The van der Waals surface area contributed by atoms with Gasteiger partial charge in [-0.05, 0) is 31.2 Å². The van der Waals surface area contributed by atoms with E-state index in [0.29, 0.717) is 0 Å². The topological polar surface area (TPSA) is 39.1 Å². The molecule has 3 rings (SSSR count). The molecule has 1 aromatic heterocycles. The lowest BCUT2D eigenvalue weighted by molar-refractivity contribution is 0.191. The molecule has 0 unspecified atom stereocenters. The number of nitrogens with one attached hydrogen (secondary N) is 1. The highest BCUT2D eigenvalue weighted by molar-refractivity contribution is 5.78. The maximum Gasteiger partial charge on any atom is 0.0950 e. The lowest BCUT2D eigenvalue weighted by Gasteiger charge is -2.21. The Hall–Kier alpha value is -1.81. The molecule has 112 valence electrons. The number of unbranched alkanes of at least 4 members (excludes halogenated alkanes) is 1. The highest BCUT2D eigenvalue weighted by Crippen LogP contribution is 2.33. The molecular weight excluding hydrogens is 262 g/mol. The number of benzene rings is 1. The molecule has 1 aliphatic heterocycles. The van der Waals surface area contributed by atoms with Gasteiger partial charge in [-0.3, -0.25) is 0 Å². The summed E-state index contributed by atoms with van der Waals surface area (Å²) in [7, 11) is 1.75. The van der Waals surface area contributed by atoms with Gasteiger partial charge in [0.2, 0.25) is 0 Å². The first-order valence-corrected chi connectivity index (χ1v) is 7.75. The van der Waals surface area contributed by atoms with Crippen LogP contribution in [-0.4, -0.2) is 29.8 Å². The van der Waals surface area contributed by atoms with E-state index < -0.39 is 0 Å². The molecule has 0 saturated carbocycles. The number of hydrogen-bond donors (Lipinski definition) is 1. The number of hydrogen-bond acceptors (Lipinski definition) is 3. The van der Waals surface area contributed by atoms with Gasteiger partial charge in [0.15, 0.2) is 0 Å². The predicted octanol–water partition coefficient (Wildman–Crippen LogP) is 3.33. The van der Waals surface area contributed by atoms with E-state index in [9.17, 15) is 0 Å². The fourth-order valence-electron chi connectivity index (χ4n) is 2.97. The summed E-state index contributed by atoms with van der Waals surface area (Å²) in [6.45, 7) is 2.88. The van der Waals surface area contributed by atoms with Crippen molar-refractivity contribution in [1.29, 1.82) is 0 Å². The lowest BCUT2D eigenvalue weighted by Crippen LogP contribution is -2.13. The van der Waals surface area contributed by atoms with Crippen LogP contribution in [0.5, 0.6) is 0 Å². The van der Waals surface area contributed by atoms with Gasteiger partial charge >= 0.3 is 0 Å². The van der Waals surface area contributed by atoms with Gasteiger partial charge in [-0.1, -0.05) is 18.2 Å². The molecule has 0 fully saturated rings. The molecule has 0 atom stereocenters. The zero-order chi connectivity index (χ0) is 14.5. The normalized spacial score (nSPS) is 13.8. The van der Waals surface area contributed by atoms with E-state index in [1.165, 1.54) is 28.9 Å². The molecule has 1 aromatic carbocycles. The standard InChI is InChI=1S/C17H23N3O/c1-21-11-3-2-10-20-13-18-12-16(20)15-8-4-6-14-7-5-9-19-17(14)15/h4,6,8,12-13,19H,2-3,5,7,9-11H2,1H3. The average molecular weight is 285 g/mol. The predicted molar refractivity (Wildman–Crippen MR) is 85.6 cm³/mol. The minimum atomic E-state index is 0.826. The molecule has 2 aromatic rings. The van der Waals surface area contributed by atoms with E-state index in [1.54, 1.807) is 7.11 Å². The molecule has 1 N–H and O–H groups in total. The molecule has 0 bridgehead atoms. The molecule has 0 amide bonds. The van der Waals surface area contributed by atoms with Crippen molar-refractivity contribution in [1.82, 2.24) is 9.55 Å². The second-order valence-electron chi connectivity index (χ2n) is 5.54. The van der Waals surface area contributed by atoms with E-state index in [2.05, 4.69) is 33.1 Å². The third-order valence-electron chi connectivity index (χ3n) is 4.06. The Morgan fingerprint density at radius 2 is 2.29 bits per heavy atom. The van der Waals surface area contributed by atoms with Crippen LogP contribution < -0.4 is 5.32 Å². The average Bonchev–Trinajstić information content (AvgIpc) is 2.99. The van der Waals surface area contributed by atoms with Crippen LogP contribution in [0.4, 0.5) is 5.69 Å². The Balaban J connectivity index is 1.83. The Morgan fingerprint density at radius 3 is 3.19 bits per heavy atom. The molecule has 1 aliphatic rings. The van der Waals surface area contributed by atoms with Crippen molar-refractivity contribution in [3.63, 3.8) is 0 Å². The first-order chi connectivity index (χ1) is 10.4. The molecule has 2 heterocycles. The van der Waals surface area contributed by atoms with Crippen molar-refractivity contribution >= 4 is 5.69 Å². The number of para-hydroxylation sites is 1. The summed E-state index contributed by atoms with van der Waals surface area (Å²) in [5, 5.41) is 3.56. The van der Waals surface area contributed by atoms with Crippen LogP contribution in [0.2, 0.25) is 0 Å². The van der Waals surface area contributed by atoms with Gasteiger partial charge in [0, 0.05) is 38.1 Å². The van der Waals surface area contributed by atoms with Crippen molar-refractivity contribution in [3.05, 3.63) is 36.3 Å². The summed E-state index contributed by atoms with van der Waals surface area (Å²) in [6.07, 6.45) is 8.48. The molecule has 0 radical (unpaired) electrons. The molecule has 4 heteroatoms. The van der Waals surface area contributed by atoms with Gasteiger partial charge in [-0.2, -0.15) is 0 Å². The SMILES string of the molecule is COCCCCn1cncc1-c1cccc2c1NCCC2. The van der Waals surface area contributed by atoms with E-state index in [0.717, 1.165) is 39.0 Å². The third-order valence-corrected chi connectivity index (χ3v) is 4.06. The number of nitrogens with zero attached hydrogens (tertiary/aromatic N) is 2. The number of rotatable bonds is 6. The summed E-state index contributed by atoms with van der Waals surface area (Å²) in [5.74, 6) is 0. The van der Waals surface area contributed by atoms with Crippen molar-refractivity contribution in [3.8, 4) is 11.3 Å². The van der Waals surface area contributed by atoms with Crippen LogP contribution >= 0.6 is 0 Å². The maximum atomic E-state index is 5.12. The van der Waals surface area contributed by atoms with E-state index in [-0.39, 0.29) is 0 Å². The van der Waals surface area contributed by atoms with Crippen molar-refractivity contribution in [2.75, 3.05) is 25.6 Å². The van der Waals surface area contributed by atoms with Crippen LogP contribution in [0.1, 0.15) is 24.8 Å². The second kappa shape index (κ2) is 6.76. The first kappa shape index (κ1) is 14.1. The first-order valence-electron chi connectivity index (χ1n) is 7.75. The number of methoxy groups -OCH3 is 1. The number of fused-ring (bicyclic) bond motifs is 1. The minimum absolute atomic E-state index is 0.826. The summed E-state index contributed by atoms with van der Waals surface area (Å²) < 4.78 is 7.37. The summed E-state index contributed by atoms with van der Waals surface area (Å²) in [5.41, 5.74) is 5.20. The second-order valence-corrected chi connectivity index (χ2v) is 5.54. The molecule has 4 nitrogen and oxygen atoms in total. The molecule has 0 spiro atoms. The summed E-state index contributed by atoms with van der Waals surface area (Å²) >= 11 is 0. The molecule has 0 aliphatic carbocycles. The highest BCUT2D eigenvalue weighted by atomic mass is 16.5. The van der Waals surface area contributed by atoms with Crippen LogP contribution in [-0.2, 0) is 17.7 Å². The number of aryl methyl sites for hydroxylation is 2. The van der Waals surface area contributed by atoms with E-state index in [4.69, 9.17) is 4.74 Å². The lowest BCUT2D eigenvalue weighted by atomic mass is 9.98. The number of imidazole rings is 1. The van der Waals surface area contributed by atoms with E-state index in [1.807, 2.05) is 12.5 Å². The zero-order valence-electron chi connectivity index (χ0n) is 12.6. The van der Waals surface area contributed by atoms with Crippen LogP contribution in [0, 0.1) is 0 Å². The van der Waals surface area contributed by atoms with Crippen LogP contribution in [0.25, 0.3) is 11.3 Å². The van der Waals surface area contributed by atoms with Crippen LogP contribution in [0.15, 0.2) is 30.7 Å². The number of aromatic nitrogens is 2. The van der Waals surface area contributed by atoms with Crippen molar-refractivity contribution in [2.24, 2.45) is 0 Å². The summed E-state index contributed by atoms with van der Waals surface area (Å²) in [4.78, 5) is 4.35. The maximum absolute atomic E-state index is 5.12. The van der Waals surface area contributed by atoms with Gasteiger partial charge in [-0.15, -0.1) is 0 Å². The molecule has 0 saturated heterocycles. The van der Waals surface area contributed by atoms with Gasteiger partial charge < -0.3 is 14.6 Å².